The summed E-state index contributed by atoms with van der Waals surface area (Å²) in [6.07, 6.45) is 13.1. The van der Waals surface area contributed by atoms with E-state index in [0.29, 0.717) is 36.8 Å². The monoisotopic (exact) mass is 867 g/mol. The first-order valence-electron chi connectivity index (χ1n) is 23.5. The molecule has 1 aromatic rings. The van der Waals surface area contributed by atoms with E-state index in [0.717, 1.165) is 17.6 Å². The van der Waals surface area contributed by atoms with E-state index in [-0.39, 0.29) is 86.5 Å². The first-order chi connectivity index (χ1) is 30.1. The number of benzene rings is 1. The number of nitrogens with zero attached hydrogens (tertiary/aromatic N) is 1. The van der Waals surface area contributed by atoms with Gasteiger partial charge in [0.25, 0.3) is 0 Å². The number of aliphatic carboxylic acids is 1. The predicted octanol–water partition coefficient (Wildman–Crippen LogP) is 5.55. The van der Waals surface area contributed by atoms with Crippen molar-refractivity contribution in [3.63, 3.8) is 0 Å². The number of carbonyl (C=O) groups is 3. The Hall–Kier alpha value is -4.60. The van der Waals surface area contributed by atoms with Gasteiger partial charge in [-0.2, -0.15) is 0 Å². The Kier molecular flexibility index (Phi) is 8.30. The van der Waals surface area contributed by atoms with Gasteiger partial charge < -0.3 is 37.0 Å². The summed E-state index contributed by atoms with van der Waals surface area (Å²) in [5.74, 6) is 3.21. The number of carboxylic acid groups (broad SMARTS) is 1. The van der Waals surface area contributed by atoms with E-state index < -0.39 is 78.7 Å². The molecular formula is C53H61N3O8. The smallest absolute Gasteiger partial charge is 0.331 e. The fourth-order valence-electron chi connectivity index (χ4n) is 17.7. The van der Waals surface area contributed by atoms with Gasteiger partial charge in [-0.15, -0.1) is 11.8 Å². The Balaban J connectivity index is 1.22. The standard InChI is InChI=1S/C53H61N3O8/c1-30-47(23-24-48(56-43(54)55)22-16-35-34(42(59)60)13-10-20-52(35,63)53(30,48)64)29-49(61)25-26-50(62)38(33-15-14-31-11-6-7-12-32(31)27-33)40-44(2)18-8-5-9-19-51(49)41(50)39(36(57)28-46(47,51)4)45(40,3)21-17-37(44)58/h6-7,11-12,23-27,30,38,40,61-64H,9-10,13-22,28-29H2,1-4H3,(H,59,60)(H4,54,55,56)/t30-,38+,40+,44+,45+,46+,47+,48-,49-,50+,51-,52+,53-/m0/s1. The van der Waals surface area contributed by atoms with Crippen molar-refractivity contribution >= 4 is 29.6 Å². The van der Waals surface area contributed by atoms with Gasteiger partial charge in [0.2, 0.25) is 0 Å². The van der Waals surface area contributed by atoms with Crippen molar-refractivity contribution < 1.29 is 39.9 Å². The van der Waals surface area contributed by atoms with Gasteiger partial charge in [-0.1, -0.05) is 81.8 Å². The quantitative estimate of drug-likeness (QED) is 0.0871. The summed E-state index contributed by atoms with van der Waals surface area (Å²) in [6, 6.07) is 8.26. The van der Waals surface area contributed by atoms with Crippen LogP contribution in [0.5, 0.6) is 0 Å². The maximum absolute atomic E-state index is 16.0. The van der Waals surface area contributed by atoms with Crippen molar-refractivity contribution in [2.75, 3.05) is 0 Å². The van der Waals surface area contributed by atoms with Gasteiger partial charge in [0, 0.05) is 70.3 Å². The molecule has 64 heavy (non-hydrogen) atoms. The highest BCUT2D eigenvalue weighted by Crippen LogP contribution is 2.85. The zero-order chi connectivity index (χ0) is 45.5. The third kappa shape index (κ3) is 4.41. The van der Waals surface area contributed by atoms with Crippen molar-refractivity contribution in [2.45, 2.75) is 146 Å². The summed E-state index contributed by atoms with van der Waals surface area (Å²) in [5.41, 5.74) is 1.85. The molecule has 3 saturated carbocycles. The predicted molar refractivity (Wildman–Crippen MR) is 240 cm³/mol. The molecule has 11 heteroatoms. The lowest BCUT2D eigenvalue weighted by Gasteiger charge is -2.71. The third-order valence-electron chi connectivity index (χ3n) is 20.2. The van der Waals surface area contributed by atoms with Crippen LogP contribution in [-0.4, -0.2) is 77.0 Å². The Labute approximate surface area is 374 Å². The SMILES string of the molecule is C[C@@H]1[C@]2(O)[C@@](N=C(N)N)(C=C[C@@]13C[C@@]1(O)C=C[C@]4(O)C5=C6C(=O)C[C@@]3(C)[C@]51CCC#CC[C@]1(C)C(=O)CC[C@@]6(C)[C@@H]1[C@H]4C1=Cc3ccccc3CC1)CCC1=C(C(=O)O)CCC[C@@]12O. The maximum Gasteiger partial charge on any atom is 0.331 e. The van der Waals surface area contributed by atoms with Gasteiger partial charge in [0.15, 0.2) is 11.7 Å². The number of aliphatic imine (C=N–C) groups is 1. The molecule has 336 valence electrons. The molecule has 1 aromatic carbocycles. The molecule has 10 aliphatic rings. The van der Waals surface area contributed by atoms with Crippen LogP contribution in [0.3, 0.4) is 0 Å². The van der Waals surface area contributed by atoms with Gasteiger partial charge >= 0.3 is 5.97 Å². The van der Waals surface area contributed by atoms with E-state index in [1.165, 1.54) is 5.56 Å². The van der Waals surface area contributed by atoms with Gasteiger partial charge in [0.05, 0.1) is 5.60 Å². The van der Waals surface area contributed by atoms with Crippen LogP contribution in [0.2, 0.25) is 0 Å². The molecule has 0 amide bonds. The van der Waals surface area contributed by atoms with Crippen molar-refractivity contribution in [3.05, 3.63) is 87.6 Å². The Morgan fingerprint density at radius 3 is 2.38 bits per heavy atom. The Morgan fingerprint density at radius 2 is 1.62 bits per heavy atom. The minimum absolute atomic E-state index is 0.0104. The summed E-state index contributed by atoms with van der Waals surface area (Å²) >= 11 is 0. The van der Waals surface area contributed by atoms with Crippen molar-refractivity contribution in [3.8, 4) is 11.8 Å². The average Bonchev–Trinajstić information content (AvgIpc) is 3.40. The lowest BCUT2D eigenvalue weighted by atomic mass is 9.33. The first-order valence-corrected chi connectivity index (χ1v) is 23.5. The highest BCUT2D eigenvalue weighted by molar-refractivity contribution is 6.02. The molecule has 0 unspecified atom stereocenters. The molecular weight excluding hydrogens is 807 g/mol. The van der Waals surface area contributed by atoms with Crippen LogP contribution in [0.1, 0.15) is 122 Å². The summed E-state index contributed by atoms with van der Waals surface area (Å²) in [5, 5.41) is 66.2. The second-order valence-electron chi connectivity index (χ2n) is 22.3. The minimum Gasteiger partial charge on any atom is -0.478 e. The summed E-state index contributed by atoms with van der Waals surface area (Å²) < 4.78 is 0. The van der Waals surface area contributed by atoms with Crippen LogP contribution in [-0.2, 0) is 20.8 Å². The second-order valence-corrected chi connectivity index (χ2v) is 22.3. The van der Waals surface area contributed by atoms with Crippen molar-refractivity contribution in [1.29, 1.82) is 0 Å². The average molecular weight is 868 g/mol. The molecule has 11 rings (SSSR count). The topological polar surface area (TPSA) is 217 Å². The van der Waals surface area contributed by atoms with Gasteiger partial charge in [-0.3, -0.25) is 9.59 Å². The van der Waals surface area contributed by atoms with Crippen LogP contribution in [0.25, 0.3) is 6.08 Å². The number of ketones is 2. The van der Waals surface area contributed by atoms with E-state index in [1.807, 2.05) is 39.0 Å². The number of nitrogens with two attached hydrogens (primary N) is 2. The van der Waals surface area contributed by atoms with E-state index in [1.54, 1.807) is 18.2 Å². The van der Waals surface area contributed by atoms with Crippen LogP contribution < -0.4 is 11.5 Å². The fraction of sp³-hybridized carbons (Fsp3) is 0.585. The maximum atomic E-state index is 16.0. The molecule has 0 aliphatic heterocycles. The normalized spacial score (nSPS) is 48.1. The highest BCUT2D eigenvalue weighted by Gasteiger charge is 2.86. The second kappa shape index (κ2) is 12.6. The lowest BCUT2D eigenvalue weighted by molar-refractivity contribution is -0.242. The van der Waals surface area contributed by atoms with Gasteiger partial charge in [0.1, 0.15) is 28.1 Å². The molecule has 2 spiro atoms. The molecule has 11 nitrogen and oxygen atoms in total. The number of Topliss-reactive ketones (excluding diaryl/α,β-unsaturated/α-hetero) is 2. The van der Waals surface area contributed by atoms with Crippen LogP contribution in [0, 0.1) is 56.7 Å². The van der Waals surface area contributed by atoms with Crippen LogP contribution in [0.4, 0.5) is 0 Å². The zero-order valence-corrected chi connectivity index (χ0v) is 37.4. The molecule has 3 fully saturated rings. The summed E-state index contributed by atoms with van der Waals surface area (Å²) in [6.45, 7) is 8.00. The third-order valence-corrected chi connectivity index (χ3v) is 20.2. The number of hydrogen-bond acceptors (Lipinski definition) is 8. The molecule has 0 radical (unpaired) electrons. The zero-order valence-electron chi connectivity index (χ0n) is 37.4. The first kappa shape index (κ1) is 42.1. The molecule has 9 N–H and O–H groups in total. The summed E-state index contributed by atoms with van der Waals surface area (Å²) in [7, 11) is 0. The number of rotatable bonds is 3. The van der Waals surface area contributed by atoms with E-state index in [9.17, 15) is 35.1 Å². The largest absolute Gasteiger partial charge is 0.478 e. The number of aliphatic hydroxyl groups is 4. The Morgan fingerprint density at radius 1 is 0.859 bits per heavy atom. The summed E-state index contributed by atoms with van der Waals surface area (Å²) in [4.78, 5) is 48.2. The molecule has 13 atom stereocenters. The van der Waals surface area contributed by atoms with Crippen molar-refractivity contribution in [1.82, 2.24) is 0 Å². The van der Waals surface area contributed by atoms with Gasteiger partial charge in [-0.05, 0) is 104 Å². The number of allylic oxidation sites excluding steroid dienone is 2. The van der Waals surface area contributed by atoms with Crippen LogP contribution >= 0.6 is 0 Å². The van der Waals surface area contributed by atoms with E-state index in [2.05, 4.69) is 37.0 Å². The van der Waals surface area contributed by atoms with Gasteiger partial charge in [-0.25, -0.2) is 9.79 Å². The number of aryl methyl sites for hydroxylation is 1. The number of carbonyl (C=O) groups excluding carboxylic acids is 2. The van der Waals surface area contributed by atoms with E-state index in [4.69, 9.17) is 16.5 Å². The molecule has 0 heterocycles. The fourth-order valence-corrected chi connectivity index (χ4v) is 17.7. The van der Waals surface area contributed by atoms with Crippen molar-refractivity contribution in [2.24, 2.45) is 61.3 Å². The minimum atomic E-state index is -2.22. The highest BCUT2D eigenvalue weighted by atomic mass is 16.4. The molecule has 10 aliphatic carbocycles. The lowest BCUT2D eigenvalue weighted by Crippen LogP contribution is -2.78. The number of hydrogen-bond donors (Lipinski definition) is 7. The van der Waals surface area contributed by atoms with E-state index >= 15 is 4.79 Å². The number of carboxylic acids is 1. The number of fused-ring (bicyclic) bond motifs is 6. The Bertz CT molecular complexity index is 2660. The molecule has 4 bridgehead atoms. The molecule has 0 aromatic heterocycles. The number of guanidine groups is 1. The van der Waals surface area contributed by atoms with Crippen LogP contribution in [0.15, 0.2) is 81.4 Å². The molecule has 0 saturated heterocycles.